The molecule has 2 amide bonds. The minimum Gasteiger partial charge on any atom is -0.337 e. The second-order valence-corrected chi connectivity index (χ2v) is 8.17. The number of carbonyl (C=O) groups excluding carboxylic acids is 1. The first-order chi connectivity index (χ1) is 16.9. The van der Waals surface area contributed by atoms with Gasteiger partial charge in [-0.05, 0) is 35.4 Å². The average Bonchev–Trinajstić information content (AvgIpc) is 3.53. The molecule has 4 heterocycles. The molecule has 1 unspecified atom stereocenters. The molecular weight excluding hydrogens is 482 g/mol. The summed E-state index contributed by atoms with van der Waals surface area (Å²) in [6.45, 7) is 1.48. The summed E-state index contributed by atoms with van der Waals surface area (Å²) in [6, 6.07) is 5.11. The summed E-state index contributed by atoms with van der Waals surface area (Å²) in [5.41, 5.74) is 0.686. The molecule has 14 heteroatoms. The van der Waals surface area contributed by atoms with E-state index in [1.54, 1.807) is 17.2 Å². The number of nitrogens with zero attached hydrogens (tertiary/aromatic N) is 10. The number of aromatic nitrogens is 5. The van der Waals surface area contributed by atoms with Crippen molar-refractivity contribution in [1.82, 2.24) is 34.6 Å². The second kappa shape index (κ2) is 9.22. The largest absolute Gasteiger partial charge is 0.341 e. The summed E-state index contributed by atoms with van der Waals surface area (Å²) in [5, 5.41) is 18.5. The van der Waals surface area contributed by atoms with Crippen LogP contribution in [-0.4, -0.2) is 73.1 Å². The zero-order valence-corrected chi connectivity index (χ0v) is 18.8. The molecule has 0 bridgehead atoms. The summed E-state index contributed by atoms with van der Waals surface area (Å²) in [5.74, 6) is -1.03. The van der Waals surface area contributed by atoms with Crippen molar-refractivity contribution in [3.8, 4) is 11.9 Å². The van der Waals surface area contributed by atoms with E-state index in [2.05, 4.69) is 25.2 Å². The molecule has 0 spiro atoms. The maximum absolute atomic E-state index is 14.2. The van der Waals surface area contributed by atoms with Crippen LogP contribution in [0, 0.1) is 23.0 Å². The highest BCUT2D eigenvalue weighted by atomic mass is 35.5. The Morgan fingerprint density at radius 1 is 1.14 bits per heavy atom. The molecule has 2 aliphatic rings. The minimum atomic E-state index is -0.682. The number of urea groups is 1. The van der Waals surface area contributed by atoms with Crippen LogP contribution in [0.25, 0.3) is 5.82 Å². The Hall–Kier alpha value is -4.18. The first-order valence-electron chi connectivity index (χ1n) is 10.6. The molecule has 0 saturated carbocycles. The fourth-order valence-corrected chi connectivity index (χ4v) is 4.12. The molecule has 1 aromatic carbocycles. The van der Waals surface area contributed by atoms with Crippen LogP contribution < -0.4 is 4.90 Å². The number of hydrogen-bond acceptors (Lipinski definition) is 8. The van der Waals surface area contributed by atoms with E-state index in [1.165, 1.54) is 17.4 Å². The first kappa shape index (κ1) is 22.6. The lowest BCUT2D eigenvalue weighted by Gasteiger charge is -2.37. The number of piperazine rings is 1. The molecule has 1 fully saturated rings. The highest BCUT2D eigenvalue weighted by Gasteiger charge is 2.34. The number of benzene rings is 1. The predicted octanol–water partition coefficient (Wildman–Crippen LogP) is 2.54. The molecule has 2 aromatic heterocycles. The third-order valence-electron chi connectivity index (χ3n) is 5.69. The molecule has 0 aliphatic carbocycles. The van der Waals surface area contributed by atoms with E-state index in [1.807, 2.05) is 11.0 Å². The molecular formula is C21H17ClF2N10O. The molecule has 1 saturated heterocycles. The van der Waals surface area contributed by atoms with Crippen molar-refractivity contribution >= 4 is 29.8 Å². The zero-order chi connectivity index (χ0) is 24.5. The van der Waals surface area contributed by atoms with Crippen LogP contribution in [0.4, 0.5) is 19.5 Å². The summed E-state index contributed by atoms with van der Waals surface area (Å²) >= 11 is 5.72. The van der Waals surface area contributed by atoms with Crippen LogP contribution in [0.3, 0.4) is 0 Å². The van der Waals surface area contributed by atoms with Gasteiger partial charge in [-0.3, -0.25) is 0 Å². The van der Waals surface area contributed by atoms with Crippen LogP contribution in [0.2, 0.25) is 5.28 Å². The quantitative estimate of drug-likeness (QED) is 0.544. The van der Waals surface area contributed by atoms with Gasteiger partial charge >= 0.3 is 6.03 Å². The highest BCUT2D eigenvalue weighted by Crippen LogP contribution is 2.30. The standard InChI is InChI=1S/C21H17ClF2N10O/c22-19-27-12-33(30-19)18-16(24)11-26-20(29-18)31-3-5-32(6-4-31)21(35)34-17(1-2-28-34)14-7-13(10-25)8-15(23)9-14/h2,7-9,11-12,17H,1,3-6H2. The molecule has 35 heavy (non-hydrogen) atoms. The van der Waals surface area contributed by atoms with Crippen molar-refractivity contribution in [2.45, 2.75) is 12.5 Å². The topological polar surface area (TPSA) is 119 Å². The lowest BCUT2D eigenvalue weighted by Crippen LogP contribution is -2.52. The van der Waals surface area contributed by atoms with E-state index in [9.17, 15) is 13.6 Å². The van der Waals surface area contributed by atoms with Crippen LogP contribution in [0.1, 0.15) is 23.6 Å². The van der Waals surface area contributed by atoms with E-state index in [0.717, 1.165) is 16.9 Å². The van der Waals surface area contributed by atoms with Gasteiger partial charge in [0, 0.05) is 38.8 Å². The van der Waals surface area contributed by atoms with E-state index >= 15 is 0 Å². The summed E-state index contributed by atoms with van der Waals surface area (Å²) in [6.07, 6.45) is 4.31. The summed E-state index contributed by atoms with van der Waals surface area (Å²) in [7, 11) is 0. The Balaban J connectivity index is 1.28. The van der Waals surface area contributed by atoms with Crippen LogP contribution in [0.15, 0.2) is 35.8 Å². The number of amides is 2. The van der Waals surface area contributed by atoms with Crippen molar-refractivity contribution in [2.24, 2.45) is 5.10 Å². The van der Waals surface area contributed by atoms with Gasteiger partial charge in [-0.15, -0.1) is 5.10 Å². The third kappa shape index (κ3) is 4.47. The van der Waals surface area contributed by atoms with Crippen molar-refractivity contribution in [2.75, 3.05) is 31.1 Å². The number of anilines is 1. The Labute approximate surface area is 202 Å². The SMILES string of the molecule is N#Cc1cc(F)cc(C2CC=NN2C(=O)N2CCN(c3ncc(F)c(-n4cnc(Cl)n4)n3)CC2)c1. The number of hydrazone groups is 1. The normalized spacial score (nSPS) is 17.7. The molecule has 3 aromatic rings. The van der Waals surface area contributed by atoms with Gasteiger partial charge < -0.3 is 9.80 Å². The Bertz CT molecular complexity index is 1350. The zero-order valence-electron chi connectivity index (χ0n) is 18.1. The number of rotatable bonds is 3. The number of carbonyl (C=O) groups is 1. The van der Waals surface area contributed by atoms with Gasteiger partial charge in [0.15, 0.2) is 11.6 Å². The lowest BCUT2D eigenvalue weighted by atomic mass is 10.0. The molecule has 178 valence electrons. The van der Waals surface area contributed by atoms with Crippen LogP contribution in [-0.2, 0) is 0 Å². The minimum absolute atomic E-state index is 0.0401. The fraction of sp³-hybridized carbons (Fsp3) is 0.286. The smallest absolute Gasteiger partial charge is 0.337 e. The van der Waals surface area contributed by atoms with Crippen molar-refractivity contribution in [3.63, 3.8) is 0 Å². The predicted molar refractivity (Wildman–Crippen MR) is 120 cm³/mol. The van der Waals surface area contributed by atoms with Crippen LogP contribution in [0.5, 0.6) is 0 Å². The molecule has 11 nitrogen and oxygen atoms in total. The lowest BCUT2D eigenvalue weighted by molar-refractivity contribution is 0.139. The molecule has 2 aliphatic heterocycles. The fourth-order valence-electron chi connectivity index (χ4n) is 3.99. The molecule has 0 radical (unpaired) electrons. The van der Waals surface area contributed by atoms with Crippen molar-refractivity contribution in [1.29, 1.82) is 5.26 Å². The summed E-state index contributed by atoms with van der Waals surface area (Å²) < 4.78 is 29.3. The van der Waals surface area contributed by atoms with Crippen molar-refractivity contribution < 1.29 is 13.6 Å². The average molecular weight is 499 g/mol. The van der Waals surface area contributed by atoms with Gasteiger partial charge in [0.05, 0.1) is 23.9 Å². The van der Waals surface area contributed by atoms with Gasteiger partial charge in [0.2, 0.25) is 11.2 Å². The highest BCUT2D eigenvalue weighted by molar-refractivity contribution is 6.28. The number of nitriles is 1. The maximum Gasteiger partial charge on any atom is 0.341 e. The Morgan fingerprint density at radius 2 is 1.94 bits per heavy atom. The maximum atomic E-state index is 14.2. The van der Waals surface area contributed by atoms with Gasteiger partial charge in [-0.25, -0.2) is 28.6 Å². The van der Waals surface area contributed by atoms with Gasteiger partial charge in [0.1, 0.15) is 12.1 Å². The molecule has 0 N–H and O–H groups in total. The van der Waals surface area contributed by atoms with Gasteiger partial charge in [-0.1, -0.05) is 0 Å². The van der Waals surface area contributed by atoms with E-state index in [0.29, 0.717) is 38.2 Å². The van der Waals surface area contributed by atoms with E-state index < -0.39 is 17.7 Å². The van der Waals surface area contributed by atoms with E-state index in [-0.39, 0.29) is 28.6 Å². The Kier molecular flexibility index (Phi) is 5.96. The Morgan fingerprint density at radius 3 is 2.66 bits per heavy atom. The first-order valence-corrected chi connectivity index (χ1v) is 11.0. The van der Waals surface area contributed by atoms with Crippen molar-refractivity contribution in [3.05, 3.63) is 58.8 Å². The molecule has 1 atom stereocenters. The number of hydrogen-bond donors (Lipinski definition) is 0. The second-order valence-electron chi connectivity index (χ2n) is 7.84. The monoisotopic (exact) mass is 498 g/mol. The third-order valence-corrected chi connectivity index (χ3v) is 5.86. The molecule has 5 rings (SSSR count). The van der Waals surface area contributed by atoms with E-state index in [4.69, 9.17) is 16.9 Å². The van der Waals surface area contributed by atoms with Gasteiger partial charge in [-0.2, -0.15) is 20.0 Å². The number of halogens is 3. The van der Waals surface area contributed by atoms with Crippen LogP contribution >= 0.6 is 11.6 Å². The van der Waals surface area contributed by atoms with Gasteiger partial charge in [0.25, 0.3) is 0 Å². The summed E-state index contributed by atoms with van der Waals surface area (Å²) in [4.78, 5) is 28.7.